The van der Waals surface area contributed by atoms with Gasteiger partial charge in [0.15, 0.2) is 0 Å². The molecule has 144 valence electrons. The molecule has 0 fully saturated rings. The number of para-hydroxylation sites is 2. The number of allylic oxidation sites excluding steroid dienone is 8. The topological polar surface area (TPSA) is 3.24 Å². The highest BCUT2D eigenvalue weighted by Crippen LogP contribution is 2.52. The zero-order chi connectivity index (χ0) is 19.9. The Morgan fingerprint density at radius 2 is 1.00 bits per heavy atom. The lowest BCUT2D eigenvalue weighted by molar-refractivity contribution is 1.00. The molecule has 1 heteroatoms. The second-order valence-corrected chi connectivity index (χ2v) is 8.11. The highest BCUT2D eigenvalue weighted by molar-refractivity contribution is 5.77. The van der Waals surface area contributed by atoms with Crippen molar-refractivity contribution >= 4 is 17.1 Å². The van der Waals surface area contributed by atoms with Gasteiger partial charge in [0.1, 0.15) is 0 Å². The van der Waals surface area contributed by atoms with E-state index in [4.69, 9.17) is 0 Å². The predicted molar refractivity (Wildman–Crippen MR) is 125 cm³/mol. The summed E-state index contributed by atoms with van der Waals surface area (Å²) >= 11 is 0. The van der Waals surface area contributed by atoms with Crippen LogP contribution in [-0.4, -0.2) is 0 Å². The quantitative estimate of drug-likeness (QED) is 0.443. The molecule has 0 atom stereocenters. The molecule has 0 saturated heterocycles. The van der Waals surface area contributed by atoms with Crippen LogP contribution in [0.25, 0.3) is 0 Å². The van der Waals surface area contributed by atoms with Crippen molar-refractivity contribution in [2.75, 3.05) is 4.90 Å². The van der Waals surface area contributed by atoms with Crippen molar-refractivity contribution in [1.29, 1.82) is 0 Å². The van der Waals surface area contributed by atoms with E-state index in [-0.39, 0.29) is 0 Å². The molecule has 3 aliphatic carbocycles. The monoisotopic (exact) mass is 385 g/mol. The molecular formula is C29H23N. The molecule has 6 rings (SSSR count). The van der Waals surface area contributed by atoms with Crippen LogP contribution in [0.15, 0.2) is 132 Å². The molecule has 0 radical (unpaired) electrons. The molecule has 30 heavy (non-hydrogen) atoms. The smallest absolute Gasteiger partial charge is 0.0461 e. The summed E-state index contributed by atoms with van der Waals surface area (Å²) in [5, 5.41) is 0. The second-order valence-electron chi connectivity index (χ2n) is 8.11. The van der Waals surface area contributed by atoms with Crippen LogP contribution in [0.4, 0.5) is 17.1 Å². The lowest BCUT2D eigenvalue weighted by Crippen LogP contribution is -2.10. The summed E-state index contributed by atoms with van der Waals surface area (Å²) in [7, 11) is 0. The standard InChI is InChI=1S/C29H23N/c1-3-9-22(10-4-1)30(23-11-5-2-6-12-23)24-19-17-21(18-20-24)29-27-15-7-13-25(27)26-14-8-16-28(26)29/h1-12,15-20,29H,13-14H2. The van der Waals surface area contributed by atoms with E-state index in [9.17, 15) is 0 Å². The maximum atomic E-state index is 2.35. The molecule has 3 aromatic rings. The molecule has 0 aromatic heterocycles. The molecule has 0 N–H and O–H groups in total. The van der Waals surface area contributed by atoms with Crippen LogP contribution < -0.4 is 4.90 Å². The first-order valence-corrected chi connectivity index (χ1v) is 10.7. The fourth-order valence-corrected chi connectivity index (χ4v) is 5.12. The molecule has 3 aliphatic rings. The van der Waals surface area contributed by atoms with Gasteiger partial charge in [0.2, 0.25) is 0 Å². The van der Waals surface area contributed by atoms with Gasteiger partial charge in [-0.3, -0.25) is 0 Å². The summed E-state index contributed by atoms with van der Waals surface area (Å²) in [6.45, 7) is 0. The second kappa shape index (κ2) is 7.03. The maximum Gasteiger partial charge on any atom is 0.0461 e. The predicted octanol–water partition coefficient (Wildman–Crippen LogP) is 7.77. The number of nitrogens with zero attached hydrogens (tertiary/aromatic N) is 1. The number of hydrogen-bond acceptors (Lipinski definition) is 1. The minimum absolute atomic E-state index is 0.392. The highest BCUT2D eigenvalue weighted by Gasteiger charge is 2.34. The molecule has 0 aliphatic heterocycles. The molecule has 1 nitrogen and oxygen atoms in total. The molecule has 0 amide bonds. The van der Waals surface area contributed by atoms with Crippen LogP contribution in [-0.2, 0) is 0 Å². The van der Waals surface area contributed by atoms with E-state index in [2.05, 4.69) is 114 Å². The van der Waals surface area contributed by atoms with Crippen molar-refractivity contribution in [2.45, 2.75) is 18.8 Å². The van der Waals surface area contributed by atoms with Gasteiger partial charge < -0.3 is 4.90 Å². The lowest BCUT2D eigenvalue weighted by Gasteiger charge is -2.26. The van der Waals surface area contributed by atoms with Crippen LogP contribution in [0.1, 0.15) is 24.3 Å². The van der Waals surface area contributed by atoms with Crippen LogP contribution in [0.2, 0.25) is 0 Å². The Kier molecular flexibility index (Phi) is 4.06. The third-order valence-corrected chi connectivity index (χ3v) is 6.44. The van der Waals surface area contributed by atoms with Crippen molar-refractivity contribution in [3.63, 3.8) is 0 Å². The zero-order valence-electron chi connectivity index (χ0n) is 16.8. The zero-order valence-corrected chi connectivity index (χ0v) is 16.8. The van der Waals surface area contributed by atoms with Crippen molar-refractivity contribution in [2.24, 2.45) is 0 Å². The Morgan fingerprint density at radius 3 is 1.50 bits per heavy atom. The van der Waals surface area contributed by atoms with E-state index in [0.717, 1.165) is 12.8 Å². The number of benzene rings is 3. The molecule has 0 heterocycles. The Hall–Kier alpha value is -3.58. The first kappa shape index (κ1) is 17.3. The normalized spacial score (nSPS) is 17.1. The summed E-state index contributed by atoms with van der Waals surface area (Å²) in [5.41, 5.74) is 11.1. The minimum atomic E-state index is 0.392. The fourth-order valence-electron chi connectivity index (χ4n) is 5.12. The Bertz CT molecular complexity index is 1130. The van der Waals surface area contributed by atoms with E-state index in [1.54, 1.807) is 11.1 Å². The number of rotatable bonds is 4. The first-order chi connectivity index (χ1) is 14.9. The van der Waals surface area contributed by atoms with Crippen molar-refractivity contribution in [3.05, 3.63) is 137 Å². The molecule has 3 aromatic carbocycles. The molecule has 0 unspecified atom stereocenters. The van der Waals surface area contributed by atoms with Gasteiger partial charge in [0.05, 0.1) is 0 Å². The summed E-state index contributed by atoms with van der Waals surface area (Å²) in [6, 6.07) is 30.4. The van der Waals surface area contributed by atoms with Gasteiger partial charge in [-0.1, -0.05) is 72.8 Å². The van der Waals surface area contributed by atoms with E-state index < -0.39 is 0 Å². The van der Waals surface area contributed by atoms with Crippen LogP contribution in [0.5, 0.6) is 0 Å². The van der Waals surface area contributed by atoms with Gasteiger partial charge in [-0.2, -0.15) is 0 Å². The Labute approximate surface area is 178 Å². The van der Waals surface area contributed by atoms with Gasteiger partial charge in [-0.15, -0.1) is 0 Å². The van der Waals surface area contributed by atoms with Crippen LogP contribution >= 0.6 is 0 Å². The number of anilines is 3. The first-order valence-electron chi connectivity index (χ1n) is 10.7. The van der Waals surface area contributed by atoms with Gasteiger partial charge in [0.25, 0.3) is 0 Å². The molecular weight excluding hydrogens is 362 g/mol. The molecule has 0 saturated carbocycles. The number of fused-ring (bicyclic) bond motifs is 1. The van der Waals surface area contributed by atoms with Gasteiger partial charge in [-0.05, 0) is 77.1 Å². The summed E-state index contributed by atoms with van der Waals surface area (Å²) in [5.74, 6) is 0.392. The van der Waals surface area contributed by atoms with Crippen molar-refractivity contribution in [1.82, 2.24) is 0 Å². The SMILES string of the molecule is C1=CC2=C(C1)C1=C(C=CC1)C2c1ccc(N(c2ccccc2)c2ccccc2)cc1. The largest absolute Gasteiger partial charge is 0.311 e. The summed E-state index contributed by atoms with van der Waals surface area (Å²) < 4.78 is 0. The third-order valence-electron chi connectivity index (χ3n) is 6.44. The Morgan fingerprint density at radius 1 is 0.533 bits per heavy atom. The highest BCUT2D eigenvalue weighted by atomic mass is 15.1. The van der Waals surface area contributed by atoms with E-state index in [1.807, 2.05) is 0 Å². The summed E-state index contributed by atoms with van der Waals surface area (Å²) in [6.07, 6.45) is 11.5. The van der Waals surface area contributed by atoms with Gasteiger partial charge in [-0.25, -0.2) is 0 Å². The van der Waals surface area contributed by atoms with E-state index >= 15 is 0 Å². The summed E-state index contributed by atoms with van der Waals surface area (Å²) in [4.78, 5) is 2.32. The van der Waals surface area contributed by atoms with E-state index in [0.29, 0.717) is 5.92 Å². The minimum Gasteiger partial charge on any atom is -0.311 e. The van der Waals surface area contributed by atoms with Crippen LogP contribution in [0.3, 0.4) is 0 Å². The van der Waals surface area contributed by atoms with Gasteiger partial charge >= 0.3 is 0 Å². The van der Waals surface area contributed by atoms with Crippen molar-refractivity contribution < 1.29 is 0 Å². The molecule has 0 spiro atoms. The molecule has 0 bridgehead atoms. The fraction of sp³-hybridized carbons (Fsp3) is 0.103. The van der Waals surface area contributed by atoms with Gasteiger partial charge in [0, 0.05) is 23.0 Å². The average Bonchev–Trinajstić information content (AvgIpc) is 3.51. The van der Waals surface area contributed by atoms with E-state index in [1.165, 1.54) is 33.8 Å². The average molecular weight is 386 g/mol. The van der Waals surface area contributed by atoms with Crippen LogP contribution in [0, 0.1) is 0 Å². The van der Waals surface area contributed by atoms with Crippen molar-refractivity contribution in [3.8, 4) is 0 Å². The maximum absolute atomic E-state index is 2.35. The Balaban J connectivity index is 1.40. The lowest BCUT2D eigenvalue weighted by atomic mass is 9.88. The third kappa shape index (κ3) is 2.70. The number of hydrogen-bond donors (Lipinski definition) is 0.